The second-order valence-corrected chi connectivity index (χ2v) is 4.83. The van der Waals surface area contributed by atoms with Crippen LogP contribution in [0.15, 0.2) is 12.1 Å². The van der Waals surface area contributed by atoms with Crippen LogP contribution in [-0.4, -0.2) is 31.8 Å². The number of nitrogens with two attached hydrogens (primary N) is 1. The van der Waals surface area contributed by atoms with Gasteiger partial charge in [-0.1, -0.05) is 0 Å². The van der Waals surface area contributed by atoms with Crippen molar-refractivity contribution in [3.05, 3.63) is 12.1 Å². The lowest BCUT2D eigenvalue weighted by atomic mass is 10.1. The van der Waals surface area contributed by atoms with Crippen LogP contribution >= 0.6 is 0 Å². The summed E-state index contributed by atoms with van der Waals surface area (Å²) in [5.41, 5.74) is 8.07. The Hall–Kier alpha value is -1.95. The van der Waals surface area contributed by atoms with Crippen molar-refractivity contribution >= 4 is 23.0 Å². The molecule has 0 bridgehead atoms. The lowest BCUT2D eigenvalue weighted by Crippen LogP contribution is -2.30. The van der Waals surface area contributed by atoms with Gasteiger partial charge in [0.1, 0.15) is 5.75 Å². The molecule has 2 aliphatic heterocycles. The van der Waals surface area contributed by atoms with Gasteiger partial charge in [-0.05, 0) is 18.9 Å². The zero-order valence-corrected chi connectivity index (χ0v) is 10.6. The summed E-state index contributed by atoms with van der Waals surface area (Å²) in [5.74, 6) is 0.465. The third-order valence-electron chi connectivity index (χ3n) is 3.30. The molecule has 19 heavy (non-hydrogen) atoms. The van der Waals surface area contributed by atoms with Crippen molar-refractivity contribution < 1.29 is 14.3 Å². The summed E-state index contributed by atoms with van der Waals surface area (Å²) < 4.78 is 10.7. The van der Waals surface area contributed by atoms with Crippen molar-refractivity contribution in [2.24, 2.45) is 0 Å². The van der Waals surface area contributed by atoms with Crippen LogP contribution < -0.4 is 21.1 Å². The Morgan fingerprint density at radius 2 is 2.32 bits per heavy atom. The molecule has 0 aromatic heterocycles. The first-order chi connectivity index (χ1) is 9.22. The Labute approximate surface area is 111 Å². The fourth-order valence-corrected chi connectivity index (χ4v) is 2.34. The second-order valence-electron chi connectivity index (χ2n) is 4.83. The predicted molar refractivity (Wildman–Crippen MR) is 72.4 cm³/mol. The van der Waals surface area contributed by atoms with Crippen LogP contribution in [0, 0.1) is 0 Å². The average Bonchev–Trinajstić information content (AvgIpc) is 2.41. The maximum atomic E-state index is 11.3. The van der Waals surface area contributed by atoms with E-state index in [9.17, 15) is 4.79 Å². The van der Waals surface area contributed by atoms with E-state index in [1.807, 2.05) is 6.07 Å². The molecule has 0 spiro atoms. The minimum atomic E-state index is -0.149. The van der Waals surface area contributed by atoms with Crippen molar-refractivity contribution in [1.82, 2.24) is 0 Å². The van der Waals surface area contributed by atoms with Gasteiger partial charge in [-0.3, -0.25) is 4.79 Å². The van der Waals surface area contributed by atoms with E-state index in [0.717, 1.165) is 25.1 Å². The summed E-state index contributed by atoms with van der Waals surface area (Å²) in [6.45, 7) is 1.54. The van der Waals surface area contributed by atoms with Gasteiger partial charge in [-0.2, -0.15) is 0 Å². The fourth-order valence-electron chi connectivity index (χ4n) is 2.34. The number of nitrogen functional groups attached to an aromatic ring is 1. The number of nitrogens with one attached hydrogen (secondary N) is 2. The number of benzene rings is 1. The Balaban J connectivity index is 1.80. The monoisotopic (exact) mass is 263 g/mol. The Morgan fingerprint density at radius 1 is 1.42 bits per heavy atom. The minimum absolute atomic E-state index is 0.0374. The zero-order valence-electron chi connectivity index (χ0n) is 10.6. The van der Waals surface area contributed by atoms with Gasteiger partial charge in [-0.15, -0.1) is 0 Å². The highest BCUT2D eigenvalue weighted by Gasteiger charge is 2.20. The Morgan fingerprint density at radius 3 is 3.11 bits per heavy atom. The molecule has 6 nitrogen and oxygen atoms in total. The van der Waals surface area contributed by atoms with E-state index >= 15 is 0 Å². The number of fused-ring (bicyclic) bond motifs is 1. The maximum absolute atomic E-state index is 11.3. The largest absolute Gasteiger partial charge is 0.482 e. The summed E-state index contributed by atoms with van der Waals surface area (Å²) >= 11 is 0. The summed E-state index contributed by atoms with van der Waals surface area (Å²) in [5, 5.41) is 6.13. The van der Waals surface area contributed by atoms with Crippen LogP contribution in [0.5, 0.6) is 5.75 Å². The van der Waals surface area contributed by atoms with Crippen LogP contribution in [-0.2, 0) is 9.53 Å². The fraction of sp³-hybridized carbons (Fsp3) is 0.462. The summed E-state index contributed by atoms with van der Waals surface area (Å²) in [7, 11) is 0. The molecular weight excluding hydrogens is 246 g/mol. The minimum Gasteiger partial charge on any atom is -0.482 e. The van der Waals surface area contributed by atoms with E-state index in [4.69, 9.17) is 15.2 Å². The molecule has 1 amide bonds. The first-order valence-corrected chi connectivity index (χ1v) is 6.43. The van der Waals surface area contributed by atoms with Gasteiger partial charge >= 0.3 is 0 Å². The molecule has 6 heteroatoms. The average molecular weight is 263 g/mol. The van der Waals surface area contributed by atoms with Gasteiger partial charge in [0.25, 0.3) is 5.91 Å². The second kappa shape index (κ2) is 4.97. The molecule has 0 saturated carbocycles. The molecule has 4 N–H and O–H groups in total. The molecule has 1 saturated heterocycles. The molecule has 0 radical (unpaired) electrons. The molecule has 1 atom stereocenters. The van der Waals surface area contributed by atoms with Crippen molar-refractivity contribution in [1.29, 1.82) is 0 Å². The van der Waals surface area contributed by atoms with Crippen molar-refractivity contribution in [2.45, 2.75) is 18.9 Å². The number of anilines is 3. The molecule has 1 unspecified atom stereocenters. The van der Waals surface area contributed by atoms with E-state index in [1.165, 1.54) is 0 Å². The highest BCUT2D eigenvalue weighted by Crippen LogP contribution is 2.35. The molecule has 1 aromatic rings. The lowest BCUT2D eigenvalue weighted by molar-refractivity contribution is -0.118. The van der Waals surface area contributed by atoms with Crippen molar-refractivity contribution in [2.75, 3.05) is 36.2 Å². The number of rotatable bonds is 2. The summed E-state index contributed by atoms with van der Waals surface area (Å²) in [4.78, 5) is 11.3. The van der Waals surface area contributed by atoms with Crippen molar-refractivity contribution in [3.8, 4) is 5.75 Å². The first kappa shape index (κ1) is 12.1. The number of hydrogen-bond donors (Lipinski definition) is 3. The van der Waals surface area contributed by atoms with E-state index < -0.39 is 0 Å². The Kier molecular flexibility index (Phi) is 3.16. The number of hydrogen-bond acceptors (Lipinski definition) is 5. The smallest absolute Gasteiger partial charge is 0.262 e. The molecule has 102 valence electrons. The lowest BCUT2D eigenvalue weighted by Gasteiger charge is -2.26. The van der Waals surface area contributed by atoms with Gasteiger partial charge in [0.05, 0.1) is 23.7 Å². The highest BCUT2D eigenvalue weighted by atomic mass is 16.5. The molecule has 3 rings (SSSR count). The number of ether oxygens (including phenoxy) is 2. The molecule has 1 fully saturated rings. The van der Waals surface area contributed by atoms with Gasteiger partial charge in [0.15, 0.2) is 6.61 Å². The van der Waals surface area contributed by atoms with Crippen LogP contribution in [0.4, 0.5) is 17.1 Å². The van der Waals surface area contributed by atoms with E-state index in [1.54, 1.807) is 6.07 Å². The quantitative estimate of drug-likeness (QED) is 0.698. The maximum Gasteiger partial charge on any atom is 0.262 e. The van der Waals surface area contributed by atoms with Gasteiger partial charge in [-0.25, -0.2) is 0 Å². The van der Waals surface area contributed by atoms with E-state index in [-0.39, 0.29) is 18.6 Å². The van der Waals surface area contributed by atoms with Crippen LogP contribution in [0.1, 0.15) is 12.8 Å². The van der Waals surface area contributed by atoms with Crippen molar-refractivity contribution in [3.63, 3.8) is 0 Å². The molecule has 1 aromatic carbocycles. The predicted octanol–water partition coefficient (Wildman–Crippen LogP) is 1.19. The molecule has 2 heterocycles. The van der Waals surface area contributed by atoms with Gasteiger partial charge < -0.3 is 25.8 Å². The third kappa shape index (κ3) is 2.58. The number of carbonyl (C=O) groups is 1. The highest BCUT2D eigenvalue weighted by molar-refractivity contribution is 5.97. The summed E-state index contributed by atoms with van der Waals surface area (Å²) in [6.07, 6.45) is 2.10. The molecule has 0 aliphatic carbocycles. The molecule has 2 aliphatic rings. The number of carbonyl (C=O) groups excluding carboxylic acids is 1. The normalized spacial score (nSPS) is 22.1. The van der Waals surface area contributed by atoms with E-state index in [2.05, 4.69) is 10.6 Å². The topological polar surface area (TPSA) is 85.6 Å². The van der Waals surface area contributed by atoms with Crippen LogP contribution in [0.25, 0.3) is 0 Å². The summed E-state index contributed by atoms with van der Waals surface area (Å²) in [6, 6.07) is 3.81. The molecular formula is C13H17N3O3. The standard InChI is InChI=1S/C13H17N3O3/c14-9-4-12-11(16-13(17)7-19-12)5-10(9)15-8-2-1-3-18-6-8/h4-5,8,15H,1-3,6-7,14H2,(H,16,17). The van der Waals surface area contributed by atoms with Crippen LogP contribution in [0.3, 0.4) is 0 Å². The SMILES string of the molecule is Nc1cc2c(cc1NC1CCCOC1)NC(=O)CO2. The number of amides is 1. The third-order valence-corrected chi connectivity index (χ3v) is 3.30. The van der Waals surface area contributed by atoms with E-state index in [0.29, 0.717) is 23.7 Å². The van der Waals surface area contributed by atoms with Gasteiger partial charge in [0, 0.05) is 18.7 Å². The zero-order chi connectivity index (χ0) is 13.2. The van der Waals surface area contributed by atoms with Crippen LogP contribution in [0.2, 0.25) is 0 Å². The van der Waals surface area contributed by atoms with Gasteiger partial charge in [0.2, 0.25) is 0 Å². The Bertz CT molecular complexity index is 498. The first-order valence-electron chi connectivity index (χ1n) is 6.43.